The first-order valence-corrected chi connectivity index (χ1v) is 7.62. The lowest BCUT2D eigenvalue weighted by Gasteiger charge is -2.25. The monoisotopic (exact) mass is 275 g/mol. The molecule has 0 fully saturated rings. The Bertz CT molecular complexity index is 439. The van der Waals surface area contributed by atoms with Gasteiger partial charge in [0, 0.05) is 18.7 Å². The van der Waals surface area contributed by atoms with Crippen LogP contribution in [-0.4, -0.2) is 30.3 Å². The second-order valence-electron chi connectivity index (χ2n) is 6.72. The van der Waals surface area contributed by atoms with Crippen molar-refractivity contribution in [2.24, 2.45) is 11.8 Å². The second-order valence-corrected chi connectivity index (χ2v) is 6.72. The maximum atomic E-state index is 12.5. The summed E-state index contributed by atoms with van der Waals surface area (Å²) in [6.07, 6.45) is 0. The molecule has 0 aliphatic heterocycles. The van der Waals surface area contributed by atoms with Crippen molar-refractivity contribution >= 4 is 5.78 Å². The normalized spacial score (nSPS) is 11.7. The summed E-state index contributed by atoms with van der Waals surface area (Å²) >= 11 is 0. The van der Waals surface area contributed by atoms with Gasteiger partial charge in [0.25, 0.3) is 0 Å². The van der Waals surface area contributed by atoms with Crippen LogP contribution < -0.4 is 0 Å². The topological polar surface area (TPSA) is 20.3 Å². The summed E-state index contributed by atoms with van der Waals surface area (Å²) in [5, 5.41) is 0. The number of carbonyl (C=O) groups excluding carboxylic acids is 1. The molecule has 0 heterocycles. The standard InChI is InChI=1S/C18H29NO/c1-13(2)10-19(11-14(3)4)12-18(20)17-9-15(5)7-8-16(17)6/h7-9,13-14H,10-12H2,1-6H3. The molecule has 1 aromatic carbocycles. The first kappa shape index (κ1) is 16.9. The molecule has 0 saturated heterocycles. The van der Waals surface area contributed by atoms with Crippen molar-refractivity contribution in [1.82, 2.24) is 4.90 Å². The van der Waals surface area contributed by atoms with Crippen LogP contribution in [0.4, 0.5) is 0 Å². The van der Waals surface area contributed by atoms with E-state index in [1.807, 2.05) is 26.0 Å². The maximum absolute atomic E-state index is 12.5. The molecule has 0 aromatic heterocycles. The first-order chi connectivity index (χ1) is 9.29. The SMILES string of the molecule is Cc1ccc(C)c(C(=O)CN(CC(C)C)CC(C)C)c1. The van der Waals surface area contributed by atoms with Crippen molar-refractivity contribution in [3.63, 3.8) is 0 Å². The highest BCUT2D eigenvalue weighted by Crippen LogP contribution is 2.13. The van der Waals surface area contributed by atoms with Gasteiger partial charge in [-0.1, -0.05) is 45.4 Å². The van der Waals surface area contributed by atoms with E-state index in [0.717, 1.165) is 29.8 Å². The van der Waals surface area contributed by atoms with Gasteiger partial charge in [0.2, 0.25) is 0 Å². The van der Waals surface area contributed by atoms with Crippen LogP contribution >= 0.6 is 0 Å². The van der Waals surface area contributed by atoms with Crippen molar-refractivity contribution in [3.05, 3.63) is 34.9 Å². The molecule has 0 atom stereocenters. The number of benzene rings is 1. The Labute approximate surface area is 124 Å². The molecule has 0 saturated carbocycles. The Hall–Kier alpha value is -1.15. The molecule has 0 aliphatic carbocycles. The first-order valence-electron chi connectivity index (χ1n) is 7.62. The van der Waals surface area contributed by atoms with Crippen LogP contribution in [0.3, 0.4) is 0 Å². The lowest BCUT2D eigenvalue weighted by molar-refractivity contribution is 0.0911. The molecule has 0 N–H and O–H groups in total. The molecule has 1 aromatic rings. The van der Waals surface area contributed by atoms with E-state index in [9.17, 15) is 4.79 Å². The van der Waals surface area contributed by atoms with Gasteiger partial charge in [-0.2, -0.15) is 0 Å². The number of carbonyl (C=O) groups is 1. The van der Waals surface area contributed by atoms with Crippen LogP contribution in [0.15, 0.2) is 18.2 Å². The lowest BCUT2D eigenvalue weighted by Crippen LogP contribution is -2.36. The lowest BCUT2D eigenvalue weighted by atomic mass is 10.0. The molecule has 0 amide bonds. The summed E-state index contributed by atoms with van der Waals surface area (Å²) in [4.78, 5) is 14.8. The van der Waals surface area contributed by atoms with Crippen LogP contribution in [0.5, 0.6) is 0 Å². The summed E-state index contributed by atoms with van der Waals surface area (Å²) in [6.45, 7) is 15.4. The van der Waals surface area contributed by atoms with E-state index in [-0.39, 0.29) is 5.78 Å². The molecule has 1 rings (SSSR count). The predicted molar refractivity (Wildman–Crippen MR) is 86.4 cm³/mol. The summed E-state index contributed by atoms with van der Waals surface area (Å²) < 4.78 is 0. The number of nitrogens with zero attached hydrogens (tertiary/aromatic N) is 1. The minimum atomic E-state index is 0.243. The number of hydrogen-bond acceptors (Lipinski definition) is 2. The van der Waals surface area contributed by atoms with Crippen LogP contribution in [-0.2, 0) is 0 Å². The molecule has 112 valence electrons. The number of rotatable bonds is 7. The fourth-order valence-corrected chi connectivity index (χ4v) is 2.56. The number of Topliss-reactive ketones (excluding diaryl/α,β-unsaturated/α-hetero) is 1. The molecule has 0 bridgehead atoms. The van der Waals surface area contributed by atoms with E-state index < -0.39 is 0 Å². The second kappa shape index (κ2) is 7.58. The van der Waals surface area contributed by atoms with Gasteiger partial charge in [-0.15, -0.1) is 0 Å². The van der Waals surface area contributed by atoms with Gasteiger partial charge in [-0.3, -0.25) is 9.69 Å². The third kappa shape index (κ3) is 5.46. The van der Waals surface area contributed by atoms with Crippen LogP contribution in [0.1, 0.15) is 49.2 Å². The van der Waals surface area contributed by atoms with Gasteiger partial charge in [0.15, 0.2) is 5.78 Å². The predicted octanol–water partition coefficient (Wildman–Crippen LogP) is 4.10. The quantitative estimate of drug-likeness (QED) is 0.698. The zero-order chi connectivity index (χ0) is 15.3. The molecule has 0 spiro atoms. The molecule has 0 unspecified atom stereocenters. The van der Waals surface area contributed by atoms with E-state index in [1.54, 1.807) is 0 Å². The van der Waals surface area contributed by atoms with Crippen molar-refractivity contribution in [2.45, 2.75) is 41.5 Å². The van der Waals surface area contributed by atoms with Crippen LogP contribution in [0, 0.1) is 25.7 Å². The Morgan fingerprint density at radius 2 is 1.60 bits per heavy atom. The highest BCUT2D eigenvalue weighted by atomic mass is 16.1. The van der Waals surface area contributed by atoms with E-state index in [2.05, 4.69) is 38.7 Å². The molecule has 0 radical (unpaired) electrons. The van der Waals surface area contributed by atoms with Crippen LogP contribution in [0.2, 0.25) is 0 Å². The zero-order valence-corrected chi connectivity index (χ0v) is 13.9. The molecule has 0 aliphatic rings. The van der Waals surface area contributed by atoms with Gasteiger partial charge in [0.1, 0.15) is 0 Å². The summed E-state index contributed by atoms with van der Waals surface area (Å²) in [6, 6.07) is 6.12. The van der Waals surface area contributed by atoms with Gasteiger partial charge >= 0.3 is 0 Å². The van der Waals surface area contributed by atoms with Crippen molar-refractivity contribution in [1.29, 1.82) is 0 Å². The zero-order valence-electron chi connectivity index (χ0n) is 13.9. The Kier molecular flexibility index (Phi) is 6.41. The number of hydrogen-bond donors (Lipinski definition) is 0. The van der Waals surface area contributed by atoms with E-state index in [4.69, 9.17) is 0 Å². The van der Waals surface area contributed by atoms with Gasteiger partial charge in [-0.05, 0) is 37.3 Å². The number of ketones is 1. The highest BCUT2D eigenvalue weighted by Gasteiger charge is 2.16. The molecule has 2 nitrogen and oxygen atoms in total. The third-order valence-electron chi connectivity index (χ3n) is 3.31. The summed E-state index contributed by atoms with van der Waals surface area (Å²) in [5.74, 6) is 1.41. The van der Waals surface area contributed by atoms with E-state index >= 15 is 0 Å². The van der Waals surface area contributed by atoms with Crippen molar-refractivity contribution in [3.8, 4) is 0 Å². The molecular formula is C18H29NO. The van der Waals surface area contributed by atoms with Crippen molar-refractivity contribution < 1.29 is 4.79 Å². The van der Waals surface area contributed by atoms with Gasteiger partial charge in [-0.25, -0.2) is 0 Å². The maximum Gasteiger partial charge on any atom is 0.177 e. The van der Waals surface area contributed by atoms with Crippen LogP contribution in [0.25, 0.3) is 0 Å². The molecular weight excluding hydrogens is 246 g/mol. The highest BCUT2D eigenvalue weighted by molar-refractivity contribution is 5.99. The third-order valence-corrected chi connectivity index (χ3v) is 3.31. The van der Waals surface area contributed by atoms with Crippen molar-refractivity contribution in [2.75, 3.05) is 19.6 Å². The van der Waals surface area contributed by atoms with Gasteiger partial charge < -0.3 is 0 Å². The van der Waals surface area contributed by atoms with Gasteiger partial charge in [0.05, 0.1) is 6.54 Å². The minimum absolute atomic E-state index is 0.243. The van der Waals surface area contributed by atoms with E-state index in [1.165, 1.54) is 0 Å². The average Bonchev–Trinajstić information content (AvgIpc) is 2.30. The minimum Gasteiger partial charge on any atom is -0.295 e. The average molecular weight is 275 g/mol. The van der Waals surface area contributed by atoms with E-state index in [0.29, 0.717) is 18.4 Å². The Balaban J connectivity index is 2.81. The Morgan fingerprint density at radius 1 is 1.05 bits per heavy atom. The summed E-state index contributed by atoms with van der Waals surface area (Å²) in [5.41, 5.74) is 3.11. The molecule has 20 heavy (non-hydrogen) atoms. The fraction of sp³-hybridized carbons (Fsp3) is 0.611. The Morgan fingerprint density at radius 3 is 2.10 bits per heavy atom. The number of aryl methyl sites for hydroxylation is 2. The smallest absolute Gasteiger partial charge is 0.177 e. The largest absolute Gasteiger partial charge is 0.295 e. The summed E-state index contributed by atoms with van der Waals surface area (Å²) in [7, 11) is 0. The molecule has 2 heteroatoms. The fourth-order valence-electron chi connectivity index (χ4n) is 2.56.